The summed E-state index contributed by atoms with van der Waals surface area (Å²) in [6, 6.07) is 7.55. The summed E-state index contributed by atoms with van der Waals surface area (Å²) in [4.78, 5) is 0. The Morgan fingerprint density at radius 1 is 1.30 bits per heavy atom. The average molecular weight is 298 g/mol. The van der Waals surface area contributed by atoms with Crippen molar-refractivity contribution in [1.29, 1.82) is 0 Å². The van der Waals surface area contributed by atoms with Gasteiger partial charge in [-0.1, -0.05) is 37.6 Å². The van der Waals surface area contributed by atoms with Crippen molar-refractivity contribution in [3.8, 4) is 5.75 Å². The predicted octanol–water partition coefficient (Wildman–Crippen LogP) is 3.51. The highest BCUT2D eigenvalue weighted by atomic mass is 35.5. The highest BCUT2D eigenvalue weighted by Gasteiger charge is 2.25. The number of rotatable bonds is 7. The highest BCUT2D eigenvalue weighted by Crippen LogP contribution is 2.25. The van der Waals surface area contributed by atoms with Gasteiger partial charge in [-0.25, -0.2) is 0 Å². The largest absolute Gasteiger partial charge is 0.489 e. The van der Waals surface area contributed by atoms with E-state index in [1.54, 1.807) is 0 Å². The molecule has 1 fully saturated rings. The van der Waals surface area contributed by atoms with Gasteiger partial charge in [-0.15, -0.1) is 0 Å². The number of nitrogens with one attached hydrogen (secondary N) is 1. The first kappa shape index (κ1) is 15.6. The summed E-state index contributed by atoms with van der Waals surface area (Å²) >= 11 is 6.06. The van der Waals surface area contributed by atoms with E-state index in [-0.39, 0.29) is 6.10 Å². The molecule has 0 saturated carbocycles. The van der Waals surface area contributed by atoms with E-state index in [0.29, 0.717) is 23.7 Å². The molecule has 0 aliphatic carbocycles. The molecule has 1 N–H and O–H groups in total. The van der Waals surface area contributed by atoms with E-state index in [2.05, 4.69) is 19.2 Å². The van der Waals surface area contributed by atoms with Crippen molar-refractivity contribution in [3.05, 3.63) is 29.3 Å². The third-order valence-corrected chi connectivity index (χ3v) is 3.69. The third kappa shape index (κ3) is 4.97. The van der Waals surface area contributed by atoms with Crippen LogP contribution in [0.3, 0.4) is 0 Å². The van der Waals surface area contributed by atoms with Crippen LogP contribution in [0.15, 0.2) is 24.3 Å². The van der Waals surface area contributed by atoms with Crippen LogP contribution in [0.25, 0.3) is 0 Å². The topological polar surface area (TPSA) is 30.5 Å². The van der Waals surface area contributed by atoms with Gasteiger partial charge in [0.25, 0.3) is 0 Å². The summed E-state index contributed by atoms with van der Waals surface area (Å²) in [6.45, 7) is 6.97. The second-order valence-corrected chi connectivity index (χ2v) is 6.16. The van der Waals surface area contributed by atoms with Gasteiger partial charge in [-0.05, 0) is 37.4 Å². The first-order chi connectivity index (χ1) is 9.65. The van der Waals surface area contributed by atoms with Crippen molar-refractivity contribution >= 4 is 11.6 Å². The minimum atomic E-state index is 0.178. The lowest BCUT2D eigenvalue weighted by molar-refractivity contribution is 0.0184. The number of hydrogen-bond acceptors (Lipinski definition) is 3. The second-order valence-electron chi connectivity index (χ2n) is 5.75. The monoisotopic (exact) mass is 297 g/mol. The minimum absolute atomic E-state index is 0.178. The van der Waals surface area contributed by atoms with E-state index < -0.39 is 0 Å². The molecule has 20 heavy (non-hydrogen) atoms. The van der Waals surface area contributed by atoms with Gasteiger partial charge >= 0.3 is 0 Å². The van der Waals surface area contributed by atoms with Crippen LogP contribution in [0.2, 0.25) is 5.02 Å². The van der Waals surface area contributed by atoms with Gasteiger partial charge in [0.15, 0.2) is 0 Å². The quantitative estimate of drug-likeness (QED) is 0.835. The van der Waals surface area contributed by atoms with Gasteiger partial charge in [0.1, 0.15) is 12.4 Å². The summed E-state index contributed by atoms with van der Waals surface area (Å²) in [7, 11) is 0. The molecule has 1 heterocycles. The number of benzene rings is 1. The predicted molar refractivity (Wildman–Crippen MR) is 82.5 cm³/mol. The maximum atomic E-state index is 6.06. The normalized spacial score (nSPS) is 22.4. The summed E-state index contributed by atoms with van der Waals surface area (Å²) < 4.78 is 11.7. The van der Waals surface area contributed by atoms with Crippen LogP contribution in [0, 0.1) is 5.92 Å². The van der Waals surface area contributed by atoms with Crippen molar-refractivity contribution in [2.24, 2.45) is 5.92 Å². The molecule has 1 aliphatic rings. The van der Waals surface area contributed by atoms with Crippen LogP contribution in [-0.2, 0) is 4.74 Å². The zero-order chi connectivity index (χ0) is 14.4. The molecule has 3 nitrogen and oxygen atoms in total. The zero-order valence-electron chi connectivity index (χ0n) is 12.3. The SMILES string of the molecule is CC(C)CNCC1CCC(COc2ccccc2Cl)O1. The molecule has 0 amide bonds. The molecule has 0 aromatic heterocycles. The van der Waals surface area contributed by atoms with Crippen LogP contribution in [0.1, 0.15) is 26.7 Å². The highest BCUT2D eigenvalue weighted by molar-refractivity contribution is 6.32. The Labute approximate surface area is 126 Å². The fourth-order valence-electron chi connectivity index (χ4n) is 2.33. The van der Waals surface area contributed by atoms with Crippen molar-refractivity contribution in [2.45, 2.75) is 38.9 Å². The number of hydrogen-bond donors (Lipinski definition) is 1. The van der Waals surface area contributed by atoms with Crippen molar-refractivity contribution < 1.29 is 9.47 Å². The van der Waals surface area contributed by atoms with E-state index in [4.69, 9.17) is 21.1 Å². The lowest BCUT2D eigenvalue weighted by Crippen LogP contribution is -2.30. The van der Waals surface area contributed by atoms with Gasteiger partial charge in [-0.3, -0.25) is 0 Å². The molecule has 1 aromatic carbocycles. The fourth-order valence-corrected chi connectivity index (χ4v) is 2.52. The van der Waals surface area contributed by atoms with Crippen LogP contribution in [-0.4, -0.2) is 31.9 Å². The Balaban J connectivity index is 1.67. The molecule has 0 spiro atoms. The zero-order valence-corrected chi connectivity index (χ0v) is 13.0. The summed E-state index contributed by atoms with van der Waals surface area (Å²) in [5, 5.41) is 4.10. The first-order valence-corrected chi connectivity index (χ1v) is 7.76. The Morgan fingerprint density at radius 3 is 2.80 bits per heavy atom. The van der Waals surface area contributed by atoms with Gasteiger partial charge in [0.2, 0.25) is 0 Å². The van der Waals surface area contributed by atoms with Gasteiger partial charge in [0.05, 0.1) is 17.2 Å². The minimum Gasteiger partial charge on any atom is -0.489 e. The summed E-state index contributed by atoms with van der Waals surface area (Å²) in [5.41, 5.74) is 0. The third-order valence-electron chi connectivity index (χ3n) is 3.38. The average Bonchev–Trinajstić information content (AvgIpc) is 2.85. The van der Waals surface area contributed by atoms with Crippen LogP contribution in [0.5, 0.6) is 5.75 Å². The Kier molecular flexibility index (Phi) is 6.14. The number of halogens is 1. The Morgan fingerprint density at radius 2 is 2.05 bits per heavy atom. The van der Waals surface area contributed by atoms with Gasteiger partial charge < -0.3 is 14.8 Å². The number of ether oxygens (including phenoxy) is 2. The molecule has 2 atom stereocenters. The molecule has 0 radical (unpaired) electrons. The van der Waals surface area contributed by atoms with Crippen LogP contribution in [0.4, 0.5) is 0 Å². The smallest absolute Gasteiger partial charge is 0.138 e. The van der Waals surface area contributed by atoms with Crippen LogP contribution < -0.4 is 10.1 Å². The molecular formula is C16H24ClNO2. The molecule has 1 aliphatic heterocycles. The Hall–Kier alpha value is -0.770. The molecule has 0 bridgehead atoms. The maximum Gasteiger partial charge on any atom is 0.138 e. The lowest BCUT2D eigenvalue weighted by atomic mass is 10.2. The van der Waals surface area contributed by atoms with Crippen molar-refractivity contribution in [1.82, 2.24) is 5.32 Å². The molecule has 2 rings (SSSR count). The van der Waals surface area contributed by atoms with Gasteiger partial charge in [-0.2, -0.15) is 0 Å². The molecule has 4 heteroatoms. The van der Waals surface area contributed by atoms with E-state index >= 15 is 0 Å². The Bertz CT molecular complexity index is 411. The summed E-state index contributed by atoms with van der Waals surface area (Å²) in [6.07, 6.45) is 2.64. The number of para-hydroxylation sites is 1. The molecule has 1 aromatic rings. The van der Waals surface area contributed by atoms with Crippen LogP contribution >= 0.6 is 11.6 Å². The fraction of sp³-hybridized carbons (Fsp3) is 0.625. The van der Waals surface area contributed by atoms with Crippen molar-refractivity contribution in [2.75, 3.05) is 19.7 Å². The molecule has 1 saturated heterocycles. The lowest BCUT2D eigenvalue weighted by Gasteiger charge is -2.16. The van der Waals surface area contributed by atoms with E-state index in [1.165, 1.54) is 0 Å². The van der Waals surface area contributed by atoms with E-state index in [0.717, 1.165) is 31.7 Å². The summed E-state index contributed by atoms with van der Waals surface area (Å²) in [5.74, 6) is 1.41. The van der Waals surface area contributed by atoms with Gasteiger partial charge in [0, 0.05) is 6.54 Å². The van der Waals surface area contributed by atoms with E-state index in [1.807, 2.05) is 24.3 Å². The van der Waals surface area contributed by atoms with Crippen molar-refractivity contribution in [3.63, 3.8) is 0 Å². The molecule has 112 valence electrons. The molecular weight excluding hydrogens is 274 g/mol. The maximum absolute atomic E-state index is 6.06. The first-order valence-electron chi connectivity index (χ1n) is 7.38. The van der Waals surface area contributed by atoms with E-state index in [9.17, 15) is 0 Å². The standard InChI is InChI=1S/C16H24ClNO2/c1-12(2)9-18-10-13-7-8-14(20-13)11-19-16-6-4-3-5-15(16)17/h3-6,12-14,18H,7-11H2,1-2H3. The second kappa shape index (κ2) is 7.87. The molecule has 2 unspecified atom stereocenters.